The molecular formula is C30H49ClO2. The Morgan fingerprint density at radius 3 is 2.61 bits per heavy atom. The van der Waals surface area contributed by atoms with Crippen LogP contribution in [-0.2, 0) is 9.53 Å². The zero-order valence-electron chi connectivity index (χ0n) is 21.7. The van der Waals surface area contributed by atoms with Crippen molar-refractivity contribution < 1.29 is 9.53 Å². The van der Waals surface area contributed by atoms with Gasteiger partial charge in [-0.15, -0.1) is 11.6 Å². The van der Waals surface area contributed by atoms with E-state index in [4.69, 9.17) is 16.3 Å². The minimum atomic E-state index is -0.122. The summed E-state index contributed by atoms with van der Waals surface area (Å²) in [6, 6.07) is 0. The van der Waals surface area contributed by atoms with Crippen LogP contribution in [0.4, 0.5) is 0 Å². The summed E-state index contributed by atoms with van der Waals surface area (Å²) in [5.41, 5.74) is 2.52. The second-order valence-corrected chi connectivity index (χ2v) is 12.8. The van der Waals surface area contributed by atoms with Crippen LogP contribution in [0.15, 0.2) is 11.6 Å². The van der Waals surface area contributed by atoms with E-state index in [0.29, 0.717) is 23.1 Å². The number of alkyl halides is 1. The van der Waals surface area contributed by atoms with Gasteiger partial charge in [-0.1, -0.05) is 70.9 Å². The topological polar surface area (TPSA) is 26.3 Å². The zero-order valence-corrected chi connectivity index (χ0v) is 22.4. The third kappa shape index (κ3) is 5.22. The van der Waals surface area contributed by atoms with Crippen LogP contribution in [0.25, 0.3) is 0 Å². The van der Waals surface area contributed by atoms with Crippen molar-refractivity contribution in [2.24, 2.45) is 34.5 Å². The molecule has 33 heavy (non-hydrogen) atoms. The first-order valence-electron chi connectivity index (χ1n) is 14.4. The molecule has 3 heteroatoms. The highest BCUT2D eigenvalue weighted by atomic mass is 35.5. The molecule has 2 nitrogen and oxygen atoms in total. The summed E-state index contributed by atoms with van der Waals surface area (Å²) in [6.07, 6.45) is 23.2. The second kappa shape index (κ2) is 11.0. The van der Waals surface area contributed by atoms with Gasteiger partial charge in [0.1, 0.15) is 6.10 Å². The average Bonchev–Trinajstić information content (AvgIpc) is 3.13. The minimum absolute atomic E-state index is 0.0682. The van der Waals surface area contributed by atoms with Crippen LogP contribution in [0.2, 0.25) is 0 Å². The van der Waals surface area contributed by atoms with Gasteiger partial charge in [0.2, 0.25) is 0 Å². The number of allylic oxidation sites excluding steroid dienone is 1. The molecule has 0 aromatic carbocycles. The van der Waals surface area contributed by atoms with Gasteiger partial charge in [-0.2, -0.15) is 0 Å². The number of rotatable bonds is 10. The summed E-state index contributed by atoms with van der Waals surface area (Å²) >= 11 is 5.73. The van der Waals surface area contributed by atoms with Crippen LogP contribution in [-0.4, -0.2) is 18.0 Å². The molecule has 0 unspecified atom stereocenters. The number of ether oxygens (including phenoxy) is 1. The number of unbranched alkanes of at least 4 members (excludes halogenated alkanes) is 5. The SMILES string of the molecule is CCCCCCCC[C@H]1CC[C@@H]2[C@H]3CC=C4C[C@@H](OC(=O)CCCl)CC[C@]4(C)[C@@H]3CC[C@]12C. The zero-order chi connectivity index (χ0) is 23.5. The summed E-state index contributed by atoms with van der Waals surface area (Å²) in [5.74, 6) is 3.84. The van der Waals surface area contributed by atoms with Crippen LogP contribution >= 0.6 is 11.6 Å². The molecule has 3 fully saturated rings. The summed E-state index contributed by atoms with van der Waals surface area (Å²) in [5, 5.41) is 0. The Balaban J connectivity index is 1.37. The first-order valence-corrected chi connectivity index (χ1v) is 14.9. The van der Waals surface area contributed by atoms with Crippen LogP contribution in [0.5, 0.6) is 0 Å². The van der Waals surface area contributed by atoms with E-state index in [-0.39, 0.29) is 12.1 Å². The molecule has 3 saturated carbocycles. The van der Waals surface area contributed by atoms with Crippen molar-refractivity contribution in [3.63, 3.8) is 0 Å². The van der Waals surface area contributed by atoms with Crippen LogP contribution in [0, 0.1) is 34.5 Å². The van der Waals surface area contributed by atoms with Crippen LogP contribution < -0.4 is 0 Å². The lowest BCUT2D eigenvalue weighted by Gasteiger charge is -2.58. The van der Waals surface area contributed by atoms with Crippen molar-refractivity contribution in [2.45, 2.75) is 130 Å². The highest BCUT2D eigenvalue weighted by Gasteiger charge is 2.58. The van der Waals surface area contributed by atoms with Crippen molar-refractivity contribution in [2.75, 3.05) is 5.88 Å². The van der Waals surface area contributed by atoms with Crippen molar-refractivity contribution in [1.82, 2.24) is 0 Å². The fourth-order valence-corrected chi connectivity index (χ4v) is 8.96. The molecular weight excluding hydrogens is 428 g/mol. The van der Waals surface area contributed by atoms with E-state index in [1.807, 2.05) is 0 Å². The lowest BCUT2D eigenvalue weighted by molar-refractivity contribution is -0.151. The van der Waals surface area contributed by atoms with E-state index in [9.17, 15) is 4.79 Å². The van der Waals surface area contributed by atoms with Crippen molar-refractivity contribution in [3.05, 3.63) is 11.6 Å². The molecule has 7 atom stereocenters. The number of hydrogen-bond acceptors (Lipinski definition) is 2. The highest BCUT2D eigenvalue weighted by Crippen LogP contribution is 2.66. The molecule has 188 valence electrons. The molecule has 0 aromatic rings. The maximum absolute atomic E-state index is 12.0. The number of fused-ring (bicyclic) bond motifs is 5. The Labute approximate surface area is 208 Å². The van der Waals surface area contributed by atoms with Crippen LogP contribution in [0.3, 0.4) is 0 Å². The molecule has 0 bridgehead atoms. The predicted octanol–water partition coefficient (Wildman–Crippen LogP) is 8.86. The molecule has 0 spiro atoms. The van der Waals surface area contributed by atoms with Gasteiger partial charge in [-0.3, -0.25) is 4.79 Å². The van der Waals surface area contributed by atoms with Gasteiger partial charge in [0.15, 0.2) is 0 Å². The number of esters is 1. The average molecular weight is 477 g/mol. The highest BCUT2D eigenvalue weighted by molar-refractivity contribution is 6.18. The molecule has 4 aliphatic carbocycles. The molecule has 0 N–H and O–H groups in total. The van der Waals surface area contributed by atoms with Crippen molar-refractivity contribution in [1.29, 1.82) is 0 Å². The van der Waals surface area contributed by atoms with Gasteiger partial charge in [0.25, 0.3) is 0 Å². The largest absolute Gasteiger partial charge is 0.462 e. The molecule has 0 amide bonds. The molecule has 0 aromatic heterocycles. The summed E-state index contributed by atoms with van der Waals surface area (Å²) in [7, 11) is 0. The van der Waals surface area contributed by atoms with Gasteiger partial charge in [-0.25, -0.2) is 0 Å². The first-order chi connectivity index (χ1) is 15.9. The third-order valence-corrected chi connectivity index (χ3v) is 10.9. The Morgan fingerprint density at radius 2 is 1.82 bits per heavy atom. The standard InChI is InChI=1S/C30H49ClO2/c1-4-5-6-7-8-9-10-22-12-14-26-25-13-11-23-21-24(33-28(32)17-20-31)15-18-30(23,3)27(25)16-19-29(22,26)2/h11,22,24-27H,4-10,12-21H2,1-3H3/t22-,24-,25+,26+,27+,29+,30-/m0/s1. The predicted molar refractivity (Wildman–Crippen MR) is 138 cm³/mol. The Kier molecular flexibility index (Phi) is 8.57. The molecule has 0 radical (unpaired) electrons. The van der Waals surface area contributed by atoms with Gasteiger partial charge in [-0.05, 0) is 85.9 Å². The Morgan fingerprint density at radius 1 is 1.03 bits per heavy atom. The molecule has 0 heterocycles. The monoisotopic (exact) mass is 476 g/mol. The van der Waals surface area contributed by atoms with E-state index >= 15 is 0 Å². The van der Waals surface area contributed by atoms with Gasteiger partial charge in [0, 0.05) is 12.3 Å². The molecule has 0 aliphatic heterocycles. The molecule has 4 aliphatic rings. The van der Waals surface area contributed by atoms with Gasteiger partial charge in [0.05, 0.1) is 6.42 Å². The van der Waals surface area contributed by atoms with Crippen LogP contribution in [0.1, 0.15) is 124 Å². The maximum Gasteiger partial charge on any atom is 0.307 e. The number of hydrogen-bond donors (Lipinski definition) is 0. The molecule has 4 rings (SSSR count). The fourth-order valence-electron chi connectivity index (χ4n) is 8.80. The quantitative estimate of drug-likeness (QED) is 0.136. The van der Waals surface area contributed by atoms with E-state index in [1.165, 1.54) is 83.5 Å². The maximum atomic E-state index is 12.0. The van der Waals surface area contributed by atoms with Crippen molar-refractivity contribution >= 4 is 17.6 Å². The first kappa shape index (κ1) is 25.6. The molecule has 0 saturated heterocycles. The number of carbonyl (C=O) groups is 1. The minimum Gasteiger partial charge on any atom is -0.462 e. The van der Waals surface area contributed by atoms with E-state index in [0.717, 1.165) is 36.5 Å². The normalized spacial score (nSPS) is 39.9. The summed E-state index contributed by atoms with van der Waals surface area (Å²) < 4.78 is 5.77. The van der Waals surface area contributed by atoms with E-state index in [2.05, 4.69) is 26.8 Å². The number of halogens is 1. The van der Waals surface area contributed by atoms with Gasteiger partial charge >= 0.3 is 5.97 Å². The number of carbonyl (C=O) groups excluding carboxylic acids is 1. The second-order valence-electron chi connectivity index (χ2n) is 12.4. The van der Waals surface area contributed by atoms with Crippen molar-refractivity contribution in [3.8, 4) is 0 Å². The lowest BCUT2D eigenvalue weighted by atomic mass is 9.47. The summed E-state index contributed by atoms with van der Waals surface area (Å²) in [6.45, 7) is 7.54. The smallest absolute Gasteiger partial charge is 0.307 e. The third-order valence-electron chi connectivity index (χ3n) is 10.8. The lowest BCUT2D eigenvalue weighted by Crippen LogP contribution is -2.50. The fraction of sp³-hybridized carbons (Fsp3) is 0.900. The summed E-state index contributed by atoms with van der Waals surface area (Å²) in [4.78, 5) is 12.0. The Hall–Kier alpha value is -0.500. The Bertz CT molecular complexity index is 701. The van der Waals surface area contributed by atoms with Gasteiger partial charge < -0.3 is 4.74 Å². The van der Waals surface area contributed by atoms with E-state index < -0.39 is 0 Å². The van der Waals surface area contributed by atoms with E-state index in [1.54, 1.807) is 5.57 Å².